The minimum atomic E-state index is 0. The topological polar surface area (TPSA) is 76.4 Å². The van der Waals surface area contributed by atoms with E-state index in [2.05, 4.69) is 44.9 Å². The van der Waals surface area contributed by atoms with Gasteiger partial charge in [0.1, 0.15) is 12.4 Å². The van der Waals surface area contributed by atoms with Crippen molar-refractivity contribution in [3.8, 4) is 0 Å². The highest BCUT2D eigenvalue weighted by atomic mass is 127. The Balaban J connectivity index is 0.00000338. The van der Waals surface area contributed by atoms with Crippen LogP contribution in [0, 0.1) is 6.92 Å². The molecule has 0 saturated carbocycles. The highest BCUT2D eigenvalue weighted by Crippen LogP contribution is 2.10. The van der Waals surface area contributed by atoms with Gasteiger partial charge in [0.15, 0.2) is 11.8 Å². The van der Waals surface area contributed by atoms with E-state index in [1.807, 2.05) is 43.7 Å². The molecular formula is C18H29IN6O. The van der Waals surface area contributed by atoms with Crippen molar-refractivity contribution in [3.05, 3.63) is 47.5 Å². The number of guanidine groups is 1. The largest absolute Gasteiger partial charge is 0.380 e. The first kappa shape index (κ1) is 22.4. The molecule has 0 radical (unpaired) electrons. The van der Waals surface area contributed by atoms with Gasteiger partial charge >= 0.3 is 0 Å². The van der Waals surface area contributed by atoms with Gasteiger partial charge in [0.05, 0.1) is 12.6 Å². The lowest BCUT2D eigenvalue weighted by atomic mass is 10.1. The molecule has 26 heavy (non-hydrogen) atoms. The fourth-order valence-corrected chi connectivity index (χ4v) is 2.31. The molecule has 1 heterocycles. The fourth-order valence-electron chi connectivity index (χ4n) is 2.31. The van der Waals surface area contributed by atoms with Gasteiger partial charge in [-0.25, -0.2) is 4.99 Å². The average molecular weight is 472 g/mol. The molecule has 2 N–H and O–H groups in total. The Morgan fingerprint density at radius 1 is 1.27 bits per heavy atom. The number of halogens is 1. The molecule has 8 heteroatoms. The maximum absolute atomic E-state index is 5.39. The molecular weight excluding hydrogens is 443 g/mol. The zero-order chi connectivity index (χ0) is 18.1. The molecule has 0 aliphatic carbocycles. The normalized spacial score (nSPS) is 12.4. The minimum absolute atomic E-state index is 0. The van der Waals surface area contributed by atoms with Gasteiger partial charge in [-0.2, -0.15) is 0 Å². The number of benzene rings is 1. The van der Waals surface area contributed by atoms with Crippen LogP contribution in [0.1, 0.15) is 37.1 Å². The molecule has 0 bridgehead atoms. The van der Waals surface area contributed by atoms with Crippen LogP contribution >= 0.6 is 24.0 Å². The van der Waals surface area contributed by atoms with Gasteiger partial charge in [0.2, 0.25) is 0 Å². The Morgan fingerprint density at radius 3 is 2.62 bits per heavy atom. The first-order valence-corrected chi connectivity index (χ1v) is 8.64. The maximum atomic E-state index is 5.39. The number of rotatable bonds is 8. The summed E-state index contributed by atoms with van der Waals surface area (Å²) in [7, 11) is 1.95. The third-order valence-corrected chi connectivity index (χ3v) is 3.96. The number of aryl methyl sites for hydroxylation is 1. The Hall–Kier alpha value is -1.68. The van der Waals surface area contributed by atoms with Crippen LogP contribution in [0.25, 0.3) is 0 Å². The van der Waals surface area contributed by atoms with Crippen LogP contribution in [-0.4, -0.2) is 40.5 Å². The van der Waals surface area contributed by atoms with Crippen LogP contribution < -0.4 is 10.6 Å². The third-order valence-electron chi connectivity index (χ3n) is 3.96. The van der Waals surface area contributed by atoms with Crippen molar-refractivity contribution < 1.29 is 4.74 Å². The van der Waals surface area contributed by atoms with Crippen LogP contribution in [0.4, 0.5) is 0 Å². The highest BCUT2D eigenvalue weighted by Gasteiger charge is 2.09. The maximum Gasteiger partial charge on any atom is 0.192 e. The molecule has 1 unspecified atom stereocenters. The standard InChI is InChI=1S/C18H28N6O.HI/c1-5-25-12-11-19-18(20-13-17-23-22-15(3)24(17)4)21-14(2)16-9-7-6-8-10-16;/h6-10,14H,5,11-13H2,1-4H3,(H2,19,20,21);1H. The molecule has 7 nitrogen and oxygen atoms in total. The molecule has 0 fully saturated rings. The van der Waals surface area contributed by atoms with E-state index in [0.717, 1.165) is 17.6 Å². The van der Waals surface area contributed by atoms with Crippen molar-refractivity contribution in [2.45, 2.75) is 33.4 Å². The Kier molecular flexibility index (Phi) is 10.2. The molecule has 144 valence electrons. The molecule has 2 rings (SSSR count). The number of nitrogens with zero attached hydrogens (tertiary/aromatic N) is 4. The zero-order valence-corrected chi connectivity index (χ0v) is 18.2. The van der Waals surface area contributed by atoms with Gasteiger partial charge in [-0.15, -0.1) is 34.2 Å². The van der Waals surface area contributed by atoms with E-state index in [0.29, 0.717) is 26.3 Å². The SMILES string of the molecule is CCOCCNC(=NCc1nnc(C)n1C)NC(C)c1ccccc1.I. The Bertz CT molecular complexity index is 674. The van der Waals surface area contributed by atoms with Gasteiger partial charge < -0.3 is 19.9 Å². The van der Waals surface area contributed by atoms with Gasteiger partial charge in [0, 0.05) is 20.2 Å². The fraction of sp³-hybridized carbons (Fsp3) is 0.500. The quantitative estimate of drug-likeness (QED) is 0.267. The molecule has 1 aromatic carbocycles. The lowest BCUT2D eigenvalue weighted by Crippen LogP contribution is -2.40. The van der Waals surface area contributed by atoms with Crippen LogP contribution in [0.15, 0.2) is 35.3 Å². The summed E-state index contributed by atoms with van der Waals surface area (Å²) in [5.74, 6) is 2.44. The predicted molar refractivity (Wildman–Crippen MR) is 115 cm³/mol. The third kappa shape index (κ3) is 6.91. The van der Waals surface area contributed by atoms with Crippen molar-refractivity contribution in [3.63, 3.8) is 0 Å². The summed E-state index contributed by atoms with van der Waals surface area (Å²) < 4.78 is 7.33. The first-order valence-electron chi connectivity index (χ1n) is 8.64. The van der Waals surface area contributed by atoms with Crippen LogP contribution in [0.3, 0.4) is 0 Å². The Morgan fingerprint density at radius 2 is 2.00 bits per heavy atom. The molecule has 0 saturated heterocycles. The van der Waals surface area contributed by atoms with Crippen molar-refractivity contribution in [2.75, 3.05) is 19.8 Å². The summed E-state index contributed by atoms with van der Waals surface area (Å²) in [6, 6.07) is 10.4. The van der Waals surface area contributed by atoms with E-state index in [9.17, 15) is 0 Å². The van der Waals surface area contributed by atoms with Crippen LogP contribution in [0.2, 0.25) is 0 Å². The van der Waals surface area contributed by atoms with E-state index in [1.165, 1.54) is 5.56 Å². The lowest BCUT2D eigenvalue weighted by Gasteiger charge is -2.18. The van der Waals surface area contributed by atoms with Crippen molar-refractivity contribution in [2.24, 2.45) is 12.0 Å². The number of ether oxygens (including phenoxy) is 1. The second-order valence-electron chi connectivity index (χ2n) is 5.79. The van der Waals surface area contributed by atoms with E-state index in [1.54, 1.807) is 0 Å². The molecule has 1 atom stereocenters. The van der Waals surface area contributed by atoms with E-state index in [4.69, 9.17) is 4.74 Å². The lowest BCUT2D eigenvalue weighted by molar-refractivity contribution is 0.152. The second-order valence-corrected chi connectivity index (χ2v) is 5.79. The number of nitrogens with one attached hydrogen (secondary N) is 2. The summed E-state index contributed by atoms with van der Waals surface area (Å²) in [5, 5.41) is 15.0. The molecule has 0 aliphatic heterocycles. The van der Waals surface area contributed by atoms with Crippen molar-refractivity contribution in [1.82, 2.24) is 25.4 Å². The minimum Gasteiger partial charge on any atom is -0.380 e. The van der Waals surface area contributed by atoms with E-state index in [-0.39, 0.29) is 30.0 Å². The number of aliphatic imine (C=N–C) groups is 1. The number of hydrogen-bond donors (Lipinski definition) is 2. The van der Waals surface area contributed by atoms with Gasteiger partial charge in [-0.05, 0) is 26.3 Å². The van der Waals surface area contributed by atoms with Crippen molar-refractivity contribution in [1.29, 1.82) is 0 Å². The average Bonchev–Trinajstić information content (AvgIpc) is 2.95. The van der Waals surface area contributed by atoms with E-state index < -0.39 is 0 Å². The van der Waals surface area contributed by atoms with Gasteiger partial charge in [0.25, 0.3) is 0 Å². The molecule has 0 spiro atoms. The summed E-state index contributed by atoms with van der Waals surface area (Å²) in [6.45, 7) is 8.53. The number of aromatic nitrogens is 3. The summed E-state index contributed by atoms with van der Waals surface area (Å²) in [4.78, 5) is 4.65. The molecule has 0 amide bonds. The smallest absolute Gasteiger partial charge is 0.192 e. The second kappa shape index (κ2) is 11.8. The molecule has 0 aliphatic rings. The van der Waals surface area contributed by atoms with Crippen LogP contribution in [0.5, 0.6) is 0 Å². The zero-order valence-electron chi connectivity index (χ0n) is 15.9. The molecule has 1 aromatic heterocycles. The predicted octanol–water partition coefficient (Wildman–Crippen LogP) is 2.57. The van der Waals surface area contributed by atoms with E-state index >= 15 is 0 Å². The van der Waals surface area contributed by atoms with Crippen molar-refractivity contribution >= 4 is 29.9 Å². The first-order chi connectivity index (χ1) is 12.1. The van der Waals surface area contributed by atoms with Gasteiger partial charge in [-0.1, -0.05) is 30.3 Å². The number of hydrogen-bond acceptors (Lipinski definition) is 4. The highest BCUT2D eigenvalue weighted by molar-refractivity contribution is 14.0. The summed E-state index contributed by atoms with van der Waals surface area (Å²) >= 11 is 0. The Labute approximate surface area is 172 Å². The summed E-state index contributed by atoms with van der Waals surface area (Å²) in [5.41, 5.74) is 1.20. The monoisotopic (exact) mass is 472 g/mol. The summed E-state index contributed by atoms with van der Waals surface area (Å²) in [6.07, 6.45) is 0. The molecule has 2 aromatic rings. The van der Waals surface area contributed by atoms with Gasteiger partial charge in [-0.3, -0.25) is 0 Å². The van der Waals surface area contributed by atoms with Crippen LogP contribution in [-0.2, 0) is 18.3 Å².